The summed E-state index contributed by atoms with van der Waals surface area (Å²) in [5, 5.41) is 7.15. The number of rotatable bonds is 5. The summed E-state index contributed by atoms with van der Waals surface area (Å²) in [6.45, 7) is 10.2. The molecule has 0 saturated carbocycles. The van der Waals surface area contributed by atoms with E-state index in [9.17, 15) is 9.59 Å². The molecule has 0 spiro atoms. The van der Waals surface area contributed by atoms with Gasteiger partial charge >= 0.3 is 0 Å². The fraction of sp³-hybridized carbons (Fsp3) is 0.421. The van der Waals surface area contributed by atoms with Crippen molar-refractivity contribution in [3.63, 3.8) is 0 Å². The van der Waals surface area contributed by atoms with Crippen molar-refractivity contribution < 1.29 is 9.59 Å². The van der Waals surface area contributed by atoms with E-state index in [4.69, 9.17) is 5.73 Å². The van der Waals surface area contributed by atoms with Crippen molar-refractivity contribution in [2.75, 3.05) is 0 Å². The van der Waals surface area contributed by atoms with Crippen molar-refractivity contribution in [1.82, 2.24) is 15.1 Å². The lowest BCUT2D eigenvalue weighted by molar-refractivity contribution is -0.120. The Kier molecular flexibility index (Phi) is 5.30. The molecule has 1 aromatic carbocycles. The molecule has 25 heavy (non-hydrogen) atoms. The van der Waals surface area contributed by atoms with Crippen LogP contribution < -0.4 is 11.1 Å². The summed E-state index contributed by atoms with van der Waals surface area (Å²) in [5.74, 6) is -0.814. The number of primary amides is 1. The molecule has 1 aromatic heterocycles. The van der Waals surface area contributed by atoms with E-state index in [0.717, 1.165) is 5.69 Å². The van der Waals surface area contributed by atoms with Gasteiger partial charge in [0.1, 0.15) is 6.04 Å². The summed E-state index contributed by atoms with van der Waals surface area (Å²) in [5.41, 5.74) is 7.10. The average molecular weight is 342 g/mol. The van der Waals surface area contributed by atoms with Crippen molar-refractivity contribution in [3.05, 3.63) is 53.3 Å². The maximum absolute atomic E-state index is 12.7. The van der Waals surface area contributed by atoms with Crippen LogP contribution in [0, 0.1) is 0 Å². The predicted molar refractivity (Wildman–Crippen MR) is 97.2 cm³/mol. The SMILES string of the molecule is CC(C)c1cc(C(=O)NC(C(N)=O)c2ccccc2)nn1C(C)(C)C. The number of nitrogens with one attached hydrogen (secondary N) is 1. The number of aromatic nitrogens is 2. The molecule has 2 rings (SSSR count). The van der Waals surface area contributed by atoms with Gasteiger partial charge in [-0.25, -0.2) is 0 Å². The summed E-state index contributed by atoms with van der Waals surface area (Å²) in [7, 11) is 0. The Morgan fingerprint density at radius 1 is 1.16 bits per heavy atom. The molecule has 134 valence electrons. The normalized spacial score (nSPS) is 12.9. The molecule has 0 bridgehead atoms. The first-order chi connectivity index (χ1) is 11.6. The van der Waals surface area contributed by atoms with Gasteiger partial charge in [-0.3, -0.25) is 14.3 Å². The van der Waals surface area contributed by atoms with Crippen LogP contribution in [0.2, 0.25) is 0 Å². The third kappa shape index (κ3) is 4.26. The standard InChI is InChI=1S/C19H26N4O2/c1-12(2)15-11-14(22-23(15)19(3,4)5)18(25)21-16(17(20)24)13-9-7-6-8-10-13/h6-12,16H,1-5H3,(H2,20,24)(H,21,25). The number of nitrogens with zero attached hydrogens (tertiary/aromatic N) is 2. The zero-order valence-corrected chi connectivity index (χ0v) is 15.4. The molecule has 1 atom stereocenters. The van der Waals surface area contributed by atoms with Crippen LogP contribution in [-0.4, -0.2) is 21.6 Å². The van der Waals surface area contributed by atoms with Gasteiger partial charge in [0, 0.05) is 5.69 Å². The quantitative estimate of drug-likeness (QED) is 0.875. The lowest BCUT2D eigenvalue weighted by Crippen LogP contribution is -2.37. The number of carbonyl (C=O) groups is 2. The highest BCUT2D eigenvalue weighted by Gasteiger charge is 2.26. The maximum Gasteiger partial charge on any atom is 0.272 e. The highest BCUT2D eigenvalue weighted by atomic mass is 16.2. The van der Waals surface area contributed by atoms with Gasteiger partial charge in [0.15, 0.2) is 5.69 Å². The fourth-order valence-electron chi connectivity index (χ4n) is 2.62. The molecule has 1 heterocycles. The first kappa shape index (κ1) is 18.7. The van der Waals surface area contributed by atoms with Crippen molar-refractivity contribution >= 4 is 11.8 Å². The molecule has 6 heteroatoms. The van der Waals surface area contributed by atoms with Gasteiger partial charge in [0.25, 0.3) is 5.91 Å². The van der Waals surface area contributed by atoms with Crippen LogP contribution in [0.25, 0.3) is 0 Å². The summed E-state index contributed by atoms with van der Waals surface area (Å²) >= 11 is 0. The molecular weight excluding hydrogens is 316 g/mol. The minimum absolute atomic E-state index is 0.217. The van der Waals surface area contributed by atoms with E-state index in [0.29, 0.717) is 5.56 Å². The number of carbonyl (C=O) groups excluding carboxylic acids is 2. The van der Waals surface area contributed by atoms with E-state index in [2.05, 4.69) is 24.3 Å². The topological polar surface area (TPSA) is 90.0 Å². The van der Waals surface area contributed by atoms with Crippen LogP contribution in [0.4, 0.5) is 0 Å². The average Bonchev–Trinajstić information content (AvgIpc) is 2.99. The molecule has 2 amide bonds. The second kappa shape index (κ2) is 7.09. The lowest BCUT2D eigenvalue weighted by atomic mass is 10.1. The second-order valence-electron chi connectivity index (χ2n) is 7.41. The fourth-order valence-corrected chi connectivity index (χ4v) is 2.62. The van der Waals surface area contributed by atoms with Crippen LogP contribution in [0.5, 0.6) is 0 Å². The predicted octanol–water partition coefficient (Wildman–Crippen LogP) is 2.72. The Morgan fingerprint density at radius 2 is 1.76 bits per heavy atom. The van der Waals surface area contributed by atoms with E-state index < -0.39 is 17.9 Å². The second-order valence-corrected chi connectivity index (χ2v) is 7.41. The van der Waals surface area contributed by atoms with Gasteiger partial charge in [-0.05, 0) is 38.3 Å². The lowest BCUT2D eigenvalue weighted by Gasteiger charge is -2.23. The van der Waals surface area contributed by atoms with E-state index >= 15 is 0 Å². The van der Waals surface area contributed by atoms with Gasteiger partial charge in [-0.1, -0.05) is 44.2 Å². The highest BCUT2D eigenvalue weighted by Crippen LogP contribution is 2.24. The monoisotopic (exact) mass is 342 g/mol. The zero-order valence-electron chi connectivity index (χ0n) is 15.4. The molecule has 0 saturated heterocycles. The molecular formula is C19H26N4O2. The van der Waals surface area contributed by atoms with Gasteiger partial charge in [0.2, 0.25) is 5.91 Å². The minimum Gasteiger partial charge on any atom is -0.368 e. The third-order valence-corrected chi connectivity index (χ3v) is 3.89. The van der Waals surface area contributed by atoms with Gasteiger partial charge in [-0.15, -0.1) is 0 Å². The molecule has 0 fully saturated rings. The van der Waals surface area contributed by atoms with E-state index in [1.165, 1.54) is 0 Å². The minimum atomic E-state index is -0.893. The van der Waals surface area contributed by atoms with Crippen LogP contribution in [0.3, 0.4) is 0 Å². The van der Waals surface area contributed by atoms with Crippen LogP contribution in [0.15, 0.2) is 36.4 Å². The molecule has 1 unspecified atom stereocenters. The molecule has 0 radical (unpaired) electrons. The van der Waals surface area contributed by atoms with Gasteiger partial charge < -0.3 is 11.1 Å². The molecule has 3 N–H and O–H groups in total. The molecule has 0 aliphatic carbocycles. The smallest absolute Gasteiger partial charge is 0.272 e. The van der Waals surface area contributed by atoms with Crippen LogP contribution in [0.1, 0.15) is 68.3 Å². The van der Waals surface area contributed by atoms with Crippen LogP contribution >= 0.6 is 0 Å². The highest BCUT2D eigenvalue weighted by molar-refractivity contribution is 5.96. The molecule has 2 aromatic rings. The number of hydrogen-bond donors (Lipinski definition) is 2. The Balaban J connectivity index is 2.32. The number of nitrogens with two attached hydrogens (primary N) is 1. The van der Waals surface area contributed by atoms with E-state index in [1.54, 1.807) is 30.3 Å². The first-order valence-corrected chi connectivity index (χ1v) is 8.37. The van der Waals surface area contributed by atoms with Gasteiger partial charge in [0.05, 0.1) is 5.54 Å². The van der Waals surface area contributed by atoms with Crippen molar-refractivity contribution in [1.29, 1.82) is 0 Å². The van der Waals surface area contributed by atoms with Crippen molar-refractivity contribution in [2.45, 2.75) is 52.1 Å². The van der Waals surface area contributed by atoms with Gasteiger partial charge in [-0.2, -0.15) is 5.10 Å². The number of hydrogen-bond acceptors (Lipinski definition) is 3. The van der Waals surface area contributed by atoms with E-state index in [1.807, 2.05) is 31.5 Å². The Hall–Kier alpha value is -2.63. The maximum atomic E-state index is 12.7. The Labute approximate surface area is 148 Å². The largest absolute Gasteiger partial charge is 0.368 e. The Morgan fingerprint density at radius 3 is 2.20 bits per heavy atom. The summed E-state index contributed by atoms with van der Waals surface area (Å²) in [6, 6.07) is 9.81. The third-order valence-electron chi connectivity index (χ3n) is 3.89. The summed E-state index contributed by atoms with van der Waals surface area (Å²) < 4.78 is 1.86. The van der Waals surface area contributed by atoms with Crippen molar-refractivity contribution in [2.24, 2.45) is 5.73 Å². The summed E-state index contributed by atoms with van der Waals surface area (Å²) in [4.78, 5) is 24.4. The van der Waals surface area contributed by atoms with Crippen LogP contribution in [-0.2, 0) is 10.3 Å². The van der Waals surface area contributed by atoms with Crippen molar-refractivity contribution in [3.8, 4) is 0 Å². The summed E-state index contributed by atoms with van der Waals surface area (Å²) in [6.07, 6.45) is 0. The first-order valence-electron chi connectivity index (χ1n) is 8.37. The molecule has 0 aliphatic heterocycles. The molecule has 6 nitrogen and oxygen atoms in total. The number of benzene rings is 1. The number of amides is 2. The van der Waals surface area contributed by atoms with E-state index in [-0.39, 0.29) is 17.2 Å². The Bertz CT molecular complexity index is 757. The molecule has 0 aliphatic rings. The zero-order chi connectivity index (χ0) is 18.8.